The van der Waals surface area contributed by atoms with E-state index in [2.05, 4.69) is 0 Å². The number of hydrogen-bond donors (Lipinski definition) is 1. The monoisotopic (exact) mass is 271 g/mol. The lowest BCUT2D eigenvalue weighted by Crippen LogP contribution is -2.06. The van der Waals surface area contributed by atoms with Gasteiger partial charge in [0.05, 0.1) is 12.7 Å². The molecule has 0 heterocycles. The predicted octanol–water partition coefficient (Wildman–Crippen LogP) is 2.94. The Hall–Kier alpha value is -2.49. The van der Waals surface area contributed by atoms with E-state index in [9.17, 15) is 4.79 Å². The Kier molecular flexibility index (Phi) is 4.25. The van der Waals surface area contributed by atoms with Gasteiger partial charge in [-0.3, -0.25) is 0 Å². The minimum Gasteiger partial charge on any atom is -0.496 e. The molecule has 2 N–H and O–H groups in total. The van der Waals surface area contributed by atoms with Crippen molar-refractivity contribution >= 4 is 11.7 Å². The van der Waals surface area contributed by atoms with Crippen molar-refractivity contribution in [1.82, 2.24) is 0 Å². The molecule has 2 rings (SSSR count). The van der Waals surface area contributed by atoms with Gasteiger partial charge in [0.25, 0.3) is 0 Å². The molecule has 2 aromatic carbocycles. The molecule has 0 fully saturated rings. The molecule has 0 aliphatic heterocycles. The maximum Gasteiger partial charge on any atom is 0.338 e. The number of hydrogen-bond acceptors (Lipinski definition) is 4. The van der Waals surface area contributed by atoms with Crippen LogP contribution in [0.5, 0.6) is 5.75 Å². The van der Waals surface area contributed by atoms with Gasteiger partial charge in [-0.1, -0.05) is 17.7 Å². The molecule has 0 saturated heterocycles. The maximum absolute atomic E-state index is 11.9. The van der Waals surface area contributed by atoms with Gasteiger partial charge in [-0.15, -0.1) is 0 Å². The number of nitrogens with two attached hydrogens (primary N) is 1. The van der Waals surface area contributed by atoms with E-state index in [1.165, 1.54) is 0 Å². The molecule has 0 aromatic heterocycles. The molecule has 0 aliphatic rings. The van der Waals surface area contributed by atoms with E-state index < -0.39 is 5.97 Å². The van der Waals surface area contributed by atoms with E-state index >= 15 is 0 Å². The molecular weight excluding hydrogens is 254 g/mol. The van der Waals surface area contributed by atoms with Crippen LogP contribution in [-0.2, 0) is 11.3 Å². The van der Waals surface area contributed by atoms with Crippen LogP contribution >= 0.6 is 0 Å². The number of aryl methyl sites for hydroxylation is 1. The molecule has 0 amide bonds. The highest BCUT2D eigenvalue weighted by atomic mass is 16.5. The number of rotatable bonds is 4. The van der Waals surface area contributed by atoms with Crippen molar-refractivity contribution in [3.63, 3.8) is 0 Å². The number of esters is 1. The molecule has 4 heteroatoms. The second-order valence-corrected chi connectivity index (χ2v) is 4.52. The van der Waals surface area contributed by atoms with E-state index in [4.69, 9.17) is 15.2 Å². The van der Waals surface area contributed by atoms with Gasteiger partial charge in [0, 0.05) is 11.3 Å². The van der Waals surface area contributed by atoms with Gasteiger partial charge in [0.15, 0.2) is 0 Å². The highest BCUT2D eigenvalue weighted by molar-refractivity contribution is 5.90. The largest absolute Gasteiger partial charge is 0.496 e. The van der Waals surface area contributed by atoms with Crippen molar-refractivity contribution in [2.45, 2.75) is 13.5 Å². The molecule has 4 nitrogen and oxygen atoms in total. The second-order valence-electron chi connectivity index (χ2n) is 4.52. The summed E-state index contributed by atoms with van der Waals surface area (Å²) in [5, 5.41) is 0. The number of carbonyl (C=O) groups excluding carboxylic acids is 1. The summed E-state index contributed by atoms with van der Waals surface area (Å²) >= 11 is 0. The molecule has 0 saturated carbocycles. The fourth-order valence-corrected chi connectivity index (χ4v) is 1.91. The lowest BCUT2D eigenvalue weighted by molar-refractivity contribution is 0.0470. The SMILES string of the molecule is COc1ccc(C)cc1COC(=O)c1cccc(N)c1. The van der Waals surface area contributed by atoms with Crippen LogP contribution in [0, 0.1) is 6.92 Å². The van der Waals surface area contributed by atoms with E-state index in [1.807, 2.05) is 25.1 Å². The molecule has 0 unspecified atom stereocenters. The topological polar surface area (TPSA) is 61.5 Å². The zero-order valence-electron chi connectivity index (χ0n) is 11.6. The summed E-state index contributed by atoms with van der Waals surface area (Å²) in [5.74, 6) is 0.303. The zero-order chi connectivity index (χ0) is 14.5. The molecule has 0 radical (unpaired) electrons. The van der Waals surface area contributed by atoms with Crippen molar-refractivity contribution < 1.29 is 14.3 Å². The summed E-state index contributed by atoms with van der Waals surface area (Å²) in [5.41, 5.74) is 8.54. The Balaban J connectivity index is 2.09. The Morgan fingerprint density at radius 2 is 2.00 bits per heavy atom. The van der Waals surface area contributed by atoms with Crippen LogP contribution in [0.15, 0.2) is 42.5 Å². The molecule has 0 spiro atoms. The molecule has 0 atom stereocenters. The fraction of sp³-hybridized carbons (Fsp3) is 0.188. The fourth-order valence-electron chi connectivity index (χ4n) is 1.91. The average Bonchev–Trinajstić information content (AvgIpc) is 2.45. The quantitative estimate of drug-likeness (QED) is 0.686. The molecule has 2 aromatic rings. The van der Waals surface area contributed by atoms with Crippen LogP contribution in [0.4, 0.5) is 5.69 Å². The Morgan fingerprint density at radius 3 is 2.70 bits per heavy atom. The van der Waals surface area contributed by atoms with Gasteiger partial charge < -0.3 is 15.2 Å². The summed E-state index contributed by atoms with van der Waals surface area (Å²) in [6.45, 7) is 2.14. The maximum atomic E-state index is 11.9. The highest BCUT2D eigenvalue weighted by Gasteiger charge is 2.10. The third kappa shape index (κ3) is 3.29. The van der Waals surface area contributed by atoms with Gasteiger partial charge in [0.2, 0.25) is 0 Å². The van der Waals surface area contributed by atoms with Crippen molar-refractivity contribution in [2.75, 3.05) is 12.8 Å². The number of benzene rings is 2. The molecule has 0 bridgehead atoms. The third-order valence-electron chi connectivity index (χ3n) is 2.92. The first-order chi connectivity index (χ1) is 9.60. The average molecular weight is 271 g/mol. The number of ether oxygens (including phenoxy) is 2. The third-order valence-corrected chi connectivity index (χ3v) is 2.92. The molecule has 0 aliphatic carbocycles. The lowest BCUT2D eigenvalue weighted by atomic mass is 10.1. The van der Waals surface area contributed by atoms with Gasteiger partial charge in [-0.25, -0.2) is 4.79 Å². The number of nitrogen functional groups attached to an aromatic ring is 1. The van der Waals surface area contributed by atoms with E-state index in [0.717, 1.165) is 11.1 Å². The van der Waals surface area contributed by atoms with Gasteiger partial charge in [-0.2, -0.15) is 0 Å². The minimum atomic E-state index is -0.402. The predicted molar refractivity (Wildman–Crippen MR) is 77.7 cm³/mol. The van der Waals surface area contributed by atoms with Gasteiger partial charge in [-0.05, 0) is 37.3 Å². The van der Waals surface area contributed by atoms with Crippen molar-refractivity contribution in [2.24, 2.45) is 0 Å². The summed E-state index contributed by atoms with van der Waals surface area (Å²) in [4.78, 5) is 11.9. The standard InChI is InChI=1S/C16H17NO3/c1-11-6-7-15(19-2)13(8-11)10-20-16(18)12-4-3-5-14(17)9-12/h3-9H,10,17H2,1-2H3. The summed E-state index contributed by atoms with van der Waals surface area (Å²) in [6, 6.07) is 12.5. The van der Waals surface area contributed by atoms with Crippen LogP contribution in [-0.4, -0.2) is 13.1 Å². The van der Waals surface area contributed by atoms with Crippen LogP contribution in [0.1, 0.15) is 21.5 Å². The van der Waals surface area contributed by atoms with Gasteiger partial charge in [0.1, 0.15) is 12.4 Å². The van der Waals surface area contributed by atoms with E-state index in [-0.39, 0.29) is 6.61 Å². The Bertz CT molecular complexity index is 623. The summed E-state index contributed by atoms with van der Waals surface area (Å²) < 4.78 is 10.5. The van der Waals surface area contributed by atoms with Crippen LogP contribution in [0.3, 0.4) is 0 Å². The van der Waals surface area contributed by atoms with Crippen molar-refractivity contribution in [1.29, 1.82) is 0 Å². The number of anilines is 1. The minimum absolute atomic E-state index is 0.165. The zero-order valence-corrected chi connectivity index (χ0v) is 11.6. The number of carbonyl (C=O) groups is 1. The Labute approximate surface area is 118 Å². The normalized spacial score (nSPS) is 10.1. The highest BCUT2D eigenvalue weighted by Crippen LogP contribution is 2.21. The molecular formula is C16H17NO3. The summed E-state index contributed by atoms with van der Waals surface area (Å²) in [6.07, 6.45) is 0. The first kappa shape index (κ1) is 13.9. The first-order valence-corrected chi connectivity index (χ1v) is 6.26. The van der Waals surface area contributed by atoms with E-state index in [1.54, 1.807) is 31.4 Å². The molecule has 20 heavy (non-hydrogen) atoms. The smallest absolute Gasteiger partial charge is 0.338 e. The van der Waals surface area contributed by atoms with Crippen LogP contribution in [0.2, 0.25) is 0 Å². The van der Waals surface area contributed by atoms with Crippen molar-refractivity contribution in [3.8, 4) is 5.75 Å². The van der Waals surface area contributed by atoms with E-state index in [0.29, 0.717) is 17.0 Å². The Morgan fingerprint density at radius 1 is 1.20 bits per heavy atom. The second kappa shape index (κ2) is 6.10. The lowest BCUT2D eigenvalue weighted by Gasteiger charge is -2.10. The van der Waals surface area contributed by atoms with Gasteiger partial charge >= 0.3 is 5.97 Å². The molecule has 104 valence electrons. The number of methoxy groups -OCH3 is 1. The van der Waals surface area contributed by atoms with Crippen LogP contribution < -0.4 is 10.5 Å². The summed E-state index contributed by atoms with van der Waals surface area (Å²) in [7, 11) is 1.59. The first-order valence-electron chi connectivity index (χ1n) is 6.26. The van der Waals surface area contributed by atoms with Crippen LogP contribution in [0.25, 0.3) is 0 Å². The van der Waals surface area contributed by atoms with Crippen molar-refractivity contribution in [3.05, 3.63) is 59.2 Å².